The Labute approximate surface area is 134 Å². The second-order valence-corrected chi connectivity index (χ2v) is 5.80. The minimum Gasteiger partial charge on any atom is -0.420 e. The van der Waals surface area contributed by atoms with Crippen molar-refractivity contribution < 1.29 is 9.53 Å². The van der Waals surface area contributed by atoms with Crippen LogP contribution in [-0.2, 0) is 0 Å². The van der Waals surface area contributed by atoms with Crippen molar-refractivity contribution >= 4 is 11.7 Å². The predicted octanol–water partition coefficient (Wildman–Crippen LogP) is 2.89. The van der Waals surface area contributed by atoms with E-state index in [0.717, 1.165) is 28.1 Å². The van der Waals surface area contributed by atoms with E-state index in [1.165, 1.54) is 0 Å². The average molecular weight is 310 g/mol. The molecule has 0 aliphatic rings. The molecule has 6 heteroatoms. The molecule has 3 rings (SSSR count). The van der Waals surface area contributed by atoms with Crippen molar-refractivity contribution in [3.63, 3.8) is 0 Å². The summed E-state index contributed by atoms with van der Waals surface area (Å²) >= 11 is 0. The maximum Gasteiger partial charge on any atom is 0.383 e. The van der Waals surface area contributed by atoms with Gasteiger partial charge in [-0.2, -0.15) is 4.98 Å². The molecule has 118 valence electrons. The van der Waals surface area contributed by atoms with Crippen LogP contribution in [0.2, 0.25) is 0 Å². The smallest absolute Gasteiger partial charge is 0.383 e. The van der Waals surface area contributed by atoms with E-state index in [0.29, 0.717) is 11.5 Å². The van der Waals surface area contributed by atoms with Crippen LogP contribution in [0.15, 0.2) is 18.2 Å². The first-order chi connectivity index (χ1) is 10.8. The summed E-state index contributed by atoms with van der Waals surface area (Å²) in [7, 11) is 0. The zero-order chi connectivity index (χ0) is 16.7. The number of carbonyl (C=O) groups is 1. The van der Waals surface area contributed by atoms with Crippen LogP contribution in [0.25, 0.3) is 5.78 Å². The van der Waals surface area contributed by atoms with E-state index in [1.807, 2.05) is 52.8 Å². The molecule has 0 aliphatic heterocycles. The first-order valence-electron chi connectivity index (χ1n) is 7.36. The molecule has 1 aromatic carbocycles. The third kappa shape index (κ3) is 2.79. The Morgan fingerprint density at radius 3 is 2.30 bits per heavy atom. The lowest BCUT2D eigenvalue weighted by Crippen LogP contribution is -2.12. The number of ether oxygens (including phenoxy) is 1. The Kier molecular flexibility index (Phi) is 3.60. The number of hydrogen-bond acceptors (Lipinski definition) is 5. The van der Waals surface area contributed by atoms with Crippen LogP contribution in [0.4, 0.5) is 0 Å². The first kappa shape index (κ1) is 15.1. The van der Waals surface area contributed by atoms with E-state index >= 15 is 0 Å². The van der Waals surface area contributed by atoms with Gasteiger partial charge >= 0.3 is 5.97 Å². The van der Waals surface area contributed by atoms with Crippen molar-refractivity contribution in [2.75, 3.05) is 0 Å². The van der Waals surface area contributed by atoms with Gasteiger partial charge in [0, 0.05) is 11.4 Å². The monoisotopic (exact) mass is 310 g/mol. The van der Waals surface area contributed by atoms with E-state index in [4.69, 9.17) is 4.74 Å². The van der Waals surface area contributed by atoms with Crippen molar-refractivity contribution in [3.8, 4) is 5.75 Å². The number of aryl methyl sites for hydroxylation is 5. The summed E-state index contributed by atoms with van der Waals surface area (Å²) in [6.07, 6.45) is 0. The molecule has 0 fully saturated rings. The van der Waals surface area contributed by atoms with Crippen LogP contribution in [-0.4, -0.2) is 25.6 Å². The van der Waals surface area contributed by atoms with Gasteiger partial charge in [-0.1, -0.05) is 17.7 Å². The number of benzene rings is 1. The lowest BCUT2D eigenvalue weighted by Gasteiger charge is -2.10. The molecular weight excluding hydrogens is 292 g/mol. The topological polar surface area (TPSA) is 69.4 Å². The Morgan fingerprint density at radius 1 is 1.00 bits per heavy atom. The van der Waals surface area contributed by atoms with Gasteiger partial charge in [0.25, 0.3) is 11.6 Å². The Balaban J connectivity index is 1.97. The highest BCUT2D eigenvalue weighted by molar-refractivity contribution is 5.88. The number of esters is 1. The van der Waals surface area contributed by atoms with E-state index in [9.17, 15) is 4.79 Å². The van der Waals surface area contributed by atoms with E-state index in [1.54, 1.807) is 4.52 Å². The molecule has 0 saturated carbocycles. The zero-order valence-corrected chi connectivity index (χ0v) is 13.8. The van der Waals surface area contributed by atoms with E-state index < -0.39 is 5.97 Å². The fraction of sp³-hybridized carbons (Fsp3) is 0.294. The summed E-state index contributed by atoms with van der Waals surface area (Å²) in [4.78, 5) is 20.8. The predicted molar refractivity (Wildman–Crippen MR) is 85.9 cm³/mol. The summed E-state index contributed by atoms with van der Waals surface area (Å²) in [6.45, 7) is 9.59. The summed E-state index contributed by atoms with van der Waals surface area (Å²) in [5.74, 6) is 0.375. The molecule has 0 amide bonds. The molecule has 0 radical (unpaired) electrons. The van der Waals surface area contributed by atoms with Crippen LogP contribution in [0.5, 0.6) is 5.75 Å². The third-order valence-corrected chi connectivity index (χ3v) is 3.60. The summed E-state index contributed by atoms with van der Waals surface area (Å²) in [6, 6.07) is 5.83. The quantitative estimate of drug-likeness (QED) is 0.538. The minimum atomic E-state index is -0.581. The van der Waals surface area contributed by atoms with E-state index in [2.05, 4.69) is 15.1 Å². The van der Waals surface area contributed by atoms with Gasteiger partial charge in [0.1, 0.15) is 5.75 Å². The van der Waals surface area contributed by atoms with Crippen molar-refractivity contribution in [2.45, 2.75) is 34.6 Å². The Hall–Kier alpha value is -2.76. The highest BCUT2D eigenvalue weighted by Crippen LogP contribution is 2.25. The van der Waals surface area contributed by atoms with Crippen LogP contribution in [0.3, 0.4) is 0 Å². The first-order valence-corrected chi connectivity index (χ1v) is 7.36. The maximum absolute atomic E-state index is 12.4. The van der Waals surface area contributed by atoms with Crippen molar-refractivity contribution in [1.82, 2.24) is 19.6 Å². The van der Waals surface area contributed by atoms with Crippen LogP contribution in [0.1, 0.15) is 38.7 Å². The molecule has 6 nitrogen and oxygen atoms in total. The second kappa shape index (κ2) is 5.46. The highest BCUT2D eigenvalue weighted by atomic mass is 16.5. The molecule has 2 heterocycles. The van der Waals surface area contributed by atoms with Crippen molar-refractivity contribution in [2.24, 2.45) is 0 Å². The fourth-order valence-corrected chi connectivity index (χ4v) is 2.72. The third-order valence-electron chi connectivity index (χ3n) is 3.60. The number of aromatic nitrogens is 4. The summed E-state index contributed by atoms with van der Waals surface area (Å²) in [5, 5.41) is 4.19. The van der Waals surface area contributed by atoms with Gasteiger partial charge in [0.15, 0.2) is 0 Å². The number of rotatable bonds is 2. The average Bonchev–Trinajstić information content (AvgIpc) is 2.86. The maximum atomic E-state index is 12.4. The fourth-order valence-electron chi connectivity index (χ4n) is 2.72. The van der Waals surface area contributed by atoms with Crippen molar-refractivity contribution in [1.29, 1.82) is 0 Å². The molecule has 0 bridgehead atoms. The van der Waals surface area contributed by atoms with Crippen molar-refractivity contribution in [3.05, 3.63) is 52.1 Å². The summed E-state index contributed by atoms with van der Waals surface area (Å²) in [5.41, 5.74) is 4.63. The molecule has 0 atom stereocenters. The number of hydrogen-bond donors (Lipinski definition) is 0. The molecule has 23 heavy (non-hydrogen) atoms. The summed E-state index contributed by atoms with van der Waals surface area (Å²) < 4.78 is 7.05. The van der Waals surface area contributed by atoms with Crippen LogP contribution in [0, 0.1) is 34.6 Å². The van der Waals surface area contributed by atoms with Crippen LogP contribution >= 0.6 is 0 Å². The molecule has 0 aliphatic carbocycles. The molecule has 0 unspecified atom stereocenters. The van der Waals surface area contributed by atoms with Gasteiger partial charge < -0.3 is 4.74 Å². The van der Waals surface area contributed by atoms with E-state index in [-0.39, 0.29) is 5.82 Å². The minimum absolute atomic E-state index is 0.00516. The Morgan fingerprint density at radius 2 is 1.65 bits per heavy atom. The molecule has 0 N–H and O–H groups in total. The van der Waals surface area contributed by atoms with Crippen LogP contribution < -0.4 is 4.74 Å². The standard InChI is InChI=1S/C17H18N4O2/c1-9-6-10(2)14(11(3)7-9)23-16(22)15-19-17-18-12(4)8-13(5)21(17)20-15/h6-8H,1-5H3. The van der Waals surface area contributed by atoms with Gasteiger partial charge in [0.05, 0.1) is 0 Å². The zero-order valence-electron chi connectivity index (χ0n) is 13.8. The lowest BCUT2D eigenvalue weighted by atomic mass is 10.1. The second-order valence-electron chi connectivity index (χ2n) is 5.80. The van der Waals surface area contributed by atoms with Gasteiger partial charge in [-0.3, -0.25) is 0 Å². The highest BCUT2D eigenvalue weighted by Gasteiger charge is 2.19. The SMILES string of the molecule is Cc1cc(C)c(OC(=O)c2nc3nc(C)cc(C)n3n2)c(C)c1. The number of fused-ring (bicyclic) bond motifs is 1. The molecular formula is C17H18N4O2. The molecule has 0 spiro atoms. The van der Waals surface area contributed by atoms with Gasteiger partial charge in [-0.05, 0) is 51.8 Å². The van der Waals surface area contributed by atoms with Gasteiger partial charge in [-0.25, -0.2) is 14.3 Å². The van der Waals surface area contributed by atoms with Gasteiger partial charge in [0.2, 0.25) is 0 Å². The molecule has 0 saturated heterocycles. The number of carbonyl (C=O) groups excluding carboxylic acids is 1. The lowest BCUT2D eigenvalue weighted by molar-refractivity contribution is 0.0719. The Bertz CT molecular complexity index is 905. The normalized spacial score (nSPS) is 11.0. The van der Waals surface area contributed by atoms with Gasteiger partial charge in [-0.15, -0.1) is 5.10 Å². The largest absolute Gasteiger partial charge is 0.420 e. The molecule has 2 aromatic heterocycles. The molecule has 3 aromatic rings. The number of nitrogens with zero attached hydrogens (tertiary/aromatic N) is 4.